The molecular weight excluding hydrogens is 443 g/mol. The summed E-state index contributed by atoms with van der Waals surface area (Å²) in [6.45, 7) is 5.39. The van der Waals surface area contributed by atoms with Crippen molar-refractivity contribution in [1.82, 2.24) is 19.6 Å². The Morgan fingerprint density at radius 3 is 2.63 bits per heavy atom. The highest BCUT2D eigenvalue weighted by Gasteiger charge is 2.35. The van der Waals surface area contributed by atoms with Gasteiger partial charge in [-0.25, -0.2) is 9.07 Å². The number of amides is 1. The second kappa shape index (κ2) is 10.2. The van der Waals surface area contributed by atoms with Crippen molar-refractivity contribution in [2.75, 3.05) is 20.2 Å². The number of halogens is 1. The molecule has 184 valence electrons. The lowest BCUT2D eigenvalue weighted by molar-refractivity contribution is -0.131. The van der Waals surface area contributed by atoms with E-state index in [4.69, 9.17) is 9.84 Å². The normalized spacial score (nSPS) is 15.6. The Kier molecular flexibility index (Phi) is 6.86. The summed E-state index contributed by atoms with van der Waals surface area (Å²) in [4.78, 5) is 17.8. The van der Waals surface area contributed by atoms with Gasteiger partial charge in [-0.2, -0.15) is 5.10 Å². The van der Waals surface area contributed by atoms with Crippen molar-refractivity contribution < 1.29 is 13.9 Å². The van der Waals surface area contributed by atoms with Crippen molar-refractivity contribution in [2.45, 2.75) is 58.2 Å². The zero-order chi connectivity index (χ0) is 24.4. The number of carbonyl (C=O) groups excluding carboxylic acids is 1. The molecule has 0 spiro atoms. The van der Waals surface area contributed by atoms with E-state index in [1.54, 1.807) is 23.9 Å². The van der Waals surface area contributed by atoms with E-state index < -0.39 is 0 Å². The number of benzene rings is 2. The molecule has 0 N–H and O–H groups in total. The first-order valence-corrected chi connectivity index (χ1v) is 12.6. The standard InChI is InChI=1S/C28H33FN4O2/c1-3-15-31-16-14-26-23(18-31)25(30-33(26)27-7-5-4-6-24(27)29)19-32(21-10-11-21)28(34)17-20-8-12-22(35-2)13-9-20/h4-9,12-13,21H,3,10-11,14-19H2,1-2H3. The van der Waals surface area contributed by atoms with Gasteiger partial charge in [-0.3, -0.25) is 9.69 Å². The first-order chi connectivity index (χ1) is 17.1. The monoisotopic (exact) mass is 476 g/mol. The number of rotatable bonds is 9. The third-order valence-electron chi connectivity index (χ3n) is 6.98. The zero-order valence-corrected chi connectivity index (χ0v) is 20.5. The van der Waals surface area contributed by atoms with E-state index in [0.29, 0.717) is 18.7 Å². The smallest absolute Gasteiger partial charge is 0.227 e. The Balaban J connectivity index is 1.44. The molecule has 2 aliphatic rings. The highest BCUT2D eigenvalue weighted by atomic mass is 19.1. The summed E-state index contributed by atoms with van der Waals surface area (Å²) in [7, 11) is 1.64. The van der Waals surface area contributed by atoms with E-state index in [1.807, 2.05) is 35.2 Å². The van der Waals surface area contributed by atoms with Gasteiger partial charge < -0.3 is 9.64 Å². The van der Waals surface area contributed by atoms with Crippen LogP contribution >= 0.6 is 0 Å². The summed E-state index contributed by atoms with van der Waals surface area (Å²) in [5, 5.41) is 4.92. The summed E-state index contributed by atoms with van der Waals surface area (Å²) in [6, 6.07) is 14.7. The van der Waals surface area contributed by atoms with Crippen LogP contribution in [0.3, 0.4) is 0 Å². The predicted molar refractivity (Wildman–Crippen MR) is 133 cm³/mol. The molecule has 2 heterocycles. The minimum atomic E-state index is -0.282. The first-order valence-electron chi connectivity index (χ1n) is 12.6. The van der Waals surface area contributed by atoms with Gasteiger partial charge in [0.05, 0.1) is 31.5 Å². The molecule has 1 aliphatic carbocycles. The molecule has 2 aromatic carbocycles. The van der Waals surface area contributed by atoms with Crippen molar-refractivity contribution in [1.29, 1.82) is 0 Å². The lowest BCUT2D eigenvalue weighted by Crippen LogP contribution is -2.35. The van der Waals surface area contributed by atoms with Crippen LogP contribution in [0.2, 0.25) is 0 Å². The van der Waals surface area contributed by atoms with Gasteiger partial charge in [-0.05, 0) is 55.6 Å². The van der Waals surface area contributed by atoms with Crippen LogP contribution in [0.5, 0.6) is 5.75 Å². The molecule has 0 bridgehead atoms. The Morgan fingerprint density at radius 2 is 1.94 bits per heavy atom. The summed E-state index contributed by atoms with van der Waals surface area (Å²) < 4.78 is 21.8. The van der Waals surface area contributed by atoms with Gasteiger partial charge in [-0.1, -0.05) is 31.2 Å². The molecule has 35 heavy (non-hydrogen) atoms. The SMILES string of the molecule is CCCN1CCc2c(c(CN(C(=O)Cc3ccc(OC)cc3)C3CC3)nn2-c2ccccc2F)C1. The maximum atomic E-state index is 14.7. The maximum Gasteiger partial charge on any atom is 0.227 e. The molecule has 0 atom stereocenters. The van der Waals surface area contributed by atoms with Crippen LogP contribution in [-0.2, 0) is 30.7 Å². The highest BCUT2D eigenvalue weighted by molar-refractivity contribution is 5.79. The van der Waals surface area contributed by atoms with Crippen molar-refractivity contribution in [2.24, 2.45) is 0 Å². The Bertz CT molecular complexity index is 1190. The Labute approximate surface area is 206 Å². The molecule has 1 saturated carbocycles. The van der Waals surface area contributed by atoms with Crippen molar-refractivity contribution in [3.8, 4) is 11.4 Å². The van der Waals surface area contributed by atoms with E-state index in [2.05, 4.69) is 11.8 Å². The van der Waals surface area contributed by atoms with Gasteiger partial charge in [0.15, 0.2) is 0 Å². The average Bonchev–Trinajstić information content (AvgIpc) is 3.65. The highest BCUT2D eigenvalue weighted by Crippen LogP contribution is 2.32. The molecule has 3 aromatic rings. The number of hydrogen-bond acceptors (Lipinski definition) is 4. The lowest BCUT2D eigenvalue weighted by Gasteiger charge is -2.28. The van der Waals surface area contributed by atoms with Crippen molar-refractivity contribution in [3.05, 3.63) is 76.9 Å². The van der Waals surface area contributed by atoms with Gasteiger partial charge >= 0.3 is 0 Å². The fourth-order valence-electron chi connectivity index (χ4n) is 4.99. The molecule has 7 heteroatoms. The second-order valence-corrected chi connectivity index (χ2v) is 9.54. The number of ether oxygens (including phenoxy) is 1. The molecule has 1 aliphatic heterocycles. The minimum absolute atomic E-state index is 0.105. The fraction of sp³-hybridized carbons (Fsp3) is 0.429. The van der Waals surface area contributed by atoms with Gasteiger partial charge in [0, 0.05) is 31.1 Å². The van der Waals surface area contributed by atoms with Gasteiger partial charge in [-0.15, -0.1) is 0 Å². The molecule has 0 radical (unpaired) electrons. The van der Waals surface area contributed by atoms with Crippen LogP contribution in [0.1, 0.15) is 48.7 Å². The number of aromatic nitrogens is 2. The van der Waals surface area contributed by atoms with Gasteiger partial charge in [0.25, 0.3) is 0 Å². The van der Waals surface area contributed by atoms with Crippen LogP contribution in [-0.4, -0.2) is 51.7 Å². The maximum absolute atomic E-state index is 14.7. The molecule has 0 unspecified atom stereocenters. The Hall–Kier alpha value is -3.19. The number of fused-ring (bicyclic) bond motifs is 1. The Morgan fingerprint density at radius 1 is 1.17 bits per heavy atom. The number of nitrogens with zero attached hydrogens (tertiary/aromatic N) is 4. The molecular formula is C28H33FN4O2. The van der Waals surface area contributed by atoms with Gasteiger partial charge in [0.1, 0.15) is 17.3 Å². The number of methoxy groups -OCH3 is 1. The van der Waals surface area contributed by atoms with Crippen molar-refractivity contribution in [3.63, 3.8) is 0 Å². The summed E-state index contributed by atoms with van der Waals surface area (Å²) in [5.41, 5.74) is 4.54. The predicted octanol–water partition coefficient (Wildman–Crippen LogP) is 4.52. The van der Waals surface area contributed by atoms with E-state index in [1.165, 1.54) is 6.07 Å². The topological polar surface area (TPSA) is 50.6 Å². The quantitative estimate of drug-likeness (QED) is 0.456. The van der Waals surface area contributed by atoms with Gasteiger partial charge in [0.2, 0.25) is 5.91 Å². The van der Waals surface area contributed by atoms with E-state index in [0.717, 1.165) is 73.6 Å². The molecule has 5 rings (SSSR count). The summed E-state index contributed by atoms with van der Waals surface area (Å²) >= 11 is 0. The molecule has 1 fully saturated rings. The van der Waals surface area contributed by atoms with Crippen LogP contribution in [0.25, 0.3) is 5.69 Å². The van der Waals surface area contributed by atoms with E-state index in [9.17, 15) is 9.18 Å². The third kappa shape index (κ3) is 5.10. The van der Waals surface area contributed by atoms with Crippen LogP contribution < -0.4 is 4.74 Å². The zero-order valence-electron chi connectivity index (χ0n) is 20.5. The molecule has 0 saturated heterocycles. The minimum Gasteiger partial charge on any atom is -0.497 e. The average molecular weight is 477 g/mol. The summed E-state index contributed by atoms with van der Waals surface area (Å²) in [6.07, 6.45) is 4.29. The molecule has 1 amide bonds. The number of hydrogen-bond donors (Lipinski definition) is 0. The second-order valence-electron chi connectivity index (χ2n) is 9.54. The fourth-order valence-corrected chi connectivity index (χ4v) is 4.99. The molecule has 6 nitrogen and oxygen atoms in total. The lowest BCUT2D eigenvalue weighted by atomic mass is 10.0. The van der Waals surface area contributed by atoms with Crippen molar-refractivity contribution >= 4 is 5.91 Å². The third-order valence-corrected chi connectivity index (χ3v) is 6.98. The van der Waals surface area contributed by atoms with Crippen LogP contribution in [0.4, 0.5) is 4.39 Å². The number of carbonyl (C=O) groups is 1. The first kappa shape index (κ1) is 23.5. The summed E-state index contributed by atoms with van der Waals surface area (Å²) in [5.74, 6) is 0.602. The molecule has 1 aromatic heterocycles. The van der Waals surface area contributed by atoms with Crippen LogP contribution in [0, 0.1) is 5.82 Å². The van der Waals surface area contributed by atoms with E-state index in [-0.39, 0.29) is 17.8 Å². The van der Waals surface area contributed by atoms with E-state index >= 15 is 0 Å². The largest absolute Gasteiger partial charge is 0.497 e. The number of para-hydroxylation sites is 1. The van der Waals surface area contributed by atoms with Crippen LogP contribution in [0.15, 0.2) is 48.5 Å².